The van der Waals surface area contributed by atoms with Crippen molar-refractivity contribution in [3.8, 4) is 11.5 Å². The molecule has 5 rings (SSSR count). The number of fused-ring (bicyclic) bond motifs is 2. The first-order valence-electron chi connectivity index (χ1n) is 12.6. The quantitative estimate of drug-likeness (QED) is 0.283. The molecule has 10 nitrogen and oxygen atoms in total. The lowest BCUT2D eigenvalue weighted by Gasteiger charge is -2.42. The molecule has 206 valence electrons. The standard InChI is InChI=1S/C28H32N4O6S/c1-17-9-10-19(22(14-27(33)34)20-12-23-28(25(13-20)37-4)31(3)30-29-23)11-21(17)16-32-15-18(2)38-24-7-5-6-8-26(24)39(32,35)36/h5-13,18,22,35-36H,14-16H2,1-4H3,(H,33,34)/t18-,22-/m1/s1. The molecule has 4 aromatic rings. The number of carbonyl (C=O) groups is 1. The number of carboxylic acids is 1. The van der Waals surface area contributed by atoms with Crippen LogP contribution in [-0.2, 0) is 18.4 Å². The molecule has 2 atom stereocenters. The van der Waals surface area contributed by atoms with E-state index in [4.69, 9.17) is 9.47 Å². The maximum absolute atomic E-state index is 12.0. The zero-order chi connectivity index (χ0) is 27.9. The van der Waals surface area contributed by atoms with E-state index in [9.17, 15) is 19.0 Å². The van der Waals surface area contributed by atoms with E-state index < -0.39 is 22.7 Å². The van der Waals surface area contributed by atoms with Gasteiger partial charge in [-0.1, -0.05) is 35.5 Å². The van der Waals surface area contributed by atoms with Crippen molar-refractivity contribution in [3.63, 3.8) is 0 Å². The van der Waals surface area contributed by atoms with Crippen molar-refractivity contribution in [2.75, 3.05) is 13.7 Å². The molecule has 0 unspecified atom stereocenters. The molecule has 0 amide bonds. The van der Waals surface area contributed by atoms with Crippen LogP contribution in [0.25, 0.3) is 11.0 Å². The second kappa shape index (κ2) is 10.5. The van der Waals surface area contributed by atoms with E-state index >= 15 is 0 Å². The number of methoxy groups -OCH3 is 1. The molecule has 0 bridgehead atoms. The number of aliphatic carboxylic acids is 1. The Labute approximate surface area is 228 Å². The third-order valence-electron chi connectivity index (χ3n) is 7.10. The van der Waals surface area contributed by atoms with Crippen molar-refractivity contribution in [2.24, 2.45) is 7.05 Å². The van der Waals surface area contributed by atoms with Gasteiger partial charge in [0.15, 0.2) is 0 Å². The molecule has 1 aromatic heterocycles. The molecule has 0 radical (unpaired) electrons. The maximum atomic E-state index is 12.0. The highest BCUT2D eigenvalue weighted by molar-refractivity contribution is 8.22. The Balaban J connectivity index is 1.55. The molecule has 0 saturated carbocycles. The molecule has 3 N–H and O–H groups in total. The number of nitrogens with zero attached hydrogens (tertiary/aromatic N) is 4. The summed E-state index contributed by atoms with van der Waals surface area (Å²) in [6.07, 6.45) is -0.413. The Morgan fingerprint density at radius 1 is 1.18 bits per heavy atom. The Hall–Kier alpha value is -3.64. The summed E-state index contributed by atoms with van der Waals surface area (Å²) in [5, 5.41) is 18.1. The molecular weight excluding hydrogens is 520 g/mol. The second-order valence-corrected chi connectivity index (χ2v) is 11.9. The minimum absolute atomic E-state index is 0.144. The number of rotatable bonds is 7. The number of ether oxygens (including phenoxy) is 2. The van der Waals surface area contributed by atoms with Crippen LogP contribution in [0.4, 0.5) is 0 Å². The van der Waals surface area contributed by atoms with Crippen molar-refractivity contribution in [1.82, 2.24) is 19.3 Å². The van der Waals surface area contributed by atoms with Gasteiger partial charge < -0.3 is 14.6 Å². The predicted octanol–water partition coefficient (Wildman–Crippen LogP) is 5.20. The molecule has 1 aliphatic rings. The van der Waals surface area contributed by atoms with Crippen molar-refractivity contribution < 1.29 is 28.5 Å². The lowest BCUT2D eigenvalue weighted by atomic mass is 9.86. The van der Waals surface area contributed by atoms with Gasteiger partial charge in [-0.05, 0) is 60.4 Å². The van der Waals surface area contributed by atoms with Crippen LogP contribution in [-0.4, -0.2) is 59.2 Å². The number of aromatic nitrogens is 3. The molecule has 0 spiro atoms. The number of para-hydroxylation sites is 1. The average molecular weight is 553 g/mol. The lowest BCUT2D eigenvalue weighted by Crippen LogP contribution is -2.33. The summed E-state index contributed by atoms with van der Waals surface area (Å²) in [6.45, 7) is 4.40. The minimum atomic E-state index is -3.32. The van der Waals surface area contributed by atoms with Gasteiger partial charge in [0.25, 0.3) is 0 Å². The smallest absolute Gasteiger partial charge is 0.304 e. The van der Waals surface area contributed by atoms with Crippen LogP contribution in [0.15, 0.2) is 59.5 Å². The number of hydrogen-bond acceptors (Lipinski definition) is 8. The van der Waals surface area contributed by atoms with Crippen molar-refractivity contribution in [1.29, 1.82) is 0 Å². The fourth-order valence-corrected chi connectivity index (χ4v) is 6.78. The summed E-state index contributed by atoms with van der Waals surface area (Å²) in [5.41, 5.74) is 4.69. The average Bonchev–Trinajstić information content (AvgIpc) is 3.24. The highest BCUT2D eigenvalue weighted by atomic mass is 32.3. The molecule has 39 heavy (non-hydrogen) atoms. The molecule has 2 heterocycles. The zero-order valence-corrected chi connectivity index (χ0v) is 23.1. The van der Waals surface area contributed by atoms with E-state index in [1.165, 1.54) is 0 Å². The second-order valence-electron chi connectivity index (χ2n) is 9.86. The van der Waals surface area contributed by atoms with Gasteiger partial charge in [0, 0.05) is 19.5 Å². The molecule has 0 aliphatic carbocycles. The number of benzene rings is 3. The van der Waals surface area contributed by atoms with Crippen LogP contribution in [0.5, 0.6) is 11.5 Å². The van der Waals surface area contributed by atoms with Gasteiger partial charge in [-0.25, -0.2) is 4.68 Å². The normalized spacial score (nSPS) is 18.6. The molecule has 11 heteroatoms. The number of carboxylic acid groups (broad SMARTS) is 1. The summed E-state index contributed by atoms with van der Waals surface area (Å²) in [6, 6.07) is 16.5. The largest absolute Gasteiger partial charge is 0.494 e. The van der Waals surface area contributed by atoms with Gasteiger partial charge in [-0.3, -0.25) is 13.9 Å². The van der Waals surface area contributed by atoms with Gasteiger partial charge in [0.05, 0.1) is 20.1 Å². The van der Waals surface area contributed by atoms with Crippen molar-refractivity contribution in [2.45, 2.75) is 43.7 Å². The van der Waals surface area contributed by atoms with Gasteiger partial charge in [0.2, 0.25) is 0 Å². The molecular formula is C28H32N4O6S. The summed E-state index contributed by atoms with van der Waals surface area (Å²) in [5.74, 6) is -0.407. The topological polar surface area (TPSA) is 130 Å². The van der Waals surface area contributed by atoms with E-state index in [1.54, 1.807) is 47.4 Å². The fraction of sp³-hybridized carbons (Fsp3) is 0.321. The van der Waals surface area contributed by atoms with Crippen molar-refractivity contribution in [3.05, 3.63) is 76.9 Å². The van der Waals surface area contributed by atoms with E-state index in [0.717, 1.165) is 27.8 Å². The number of hydrogen-bond donors (Lipinski definition) is 3. The predicted molar refractivity (Wildman–Crippen MR) is 148 cm³/mol. The van der Waals surface area contributed by atoms with Crippen LogP contribution in [0.1, 0.15) is 41.5 Å². The summed E-state index contributed by atoms with van der Waals surface area (Å²) < 4.78 is 37.5. The Kier molecular flexibility index (Phi) is 7.25. The van der Waals surface area contributed by atoms with Gasteiger partial charge in [-0.15, -0.1) is 15.9 Å². The highest BCUT2D eigenvalue weighted by Gasteiger charge is 2.34. The van der Waals surface area contributed by atoms with E-state index in [0.29, 0.717) is 28.5 Å². The molecule has 1 aliphatic heterocycles. The molecule has 0 saturated heterocycles. The van der Waals surface area contributed by atoms with Crippen LogP contribution in [0.3, 0.4) is 0 Å². The maximum Gasteiger partial charge on any atom is 0.304 e. The van der Waals surface area contributed by atoms with E-state index in [-0.39, 0.29) is 19.1 Å². The number of aryl methyl sites for hydroxylation is 2. The Bertz CT molecular complexity index is 1540. The SMILES string of the molecule is COc1cc([C@H](CC(=O)O)c2ccc(C)c(CN3C[C@@H](C)Oc4ccccc4S3(O)O)c2)cc2nnn(C)c12. The highest BCUT2D eigenvalue weighted by Crippen LogP contribution is 2.57. The summed E-state index contributed by atoms with van der Waals surface area (Å²) in [7, 11) is 0.0112. The van der Waals surface area contributed by atoms with Crippen molar-refractivity contribution >= 4 is 27.8 Å². The van der Waals surface area contributed by atoms with Crippen LogP contribution < -0.4 is 9.47 Å². The van der Waals surface area contributed by atoms with Crippen LogP contribution >= 0.6 is 10.8 Å². The summed E-state index contributed by atoms with van der Waals surface area (Å²) in [4.78, 5) is 12.3. The zero-order valence-electron chi connectivity index (χ0n) is 22.2. The minimum Gasteiger partial charge on any atom is -0.494 e. The monoisotopic (exact) mass is 552 g/mol. The Morgan fingerprint density at radius 2 is 1.95 bits per heavy atom. The van der Waals surface area contributed by atoms with E-state index in [2.05, 4.69) is 10.3 Å². The third kappa shape index (κ3) is 5.18. The first-order chi connectivity index (χ1) is 18.6. The van der Waals surface area contributed by atoms with Gasteiger partial charge in [0.1, 0.15) is 33.5 Å². The Morgan fingerprint density at radius 3 is 2.69 bits per heavy atom. The summed E-state index contributed by atoms with van der Waals surface area (Å²) >= 11 is 0. The van der Waals surface area contributed by atoms with Crippen LogP contribution in [0, 0.1) is 6.92 Å². The van der Waals surface area contributed by atoms with Crippen LogP contribution in [0.2, 0.25) is 0 Å². The third-order valence-corrected chi connectivity index (χ3v) is 9.03. The first kappa shape index (κ1) is 26.9. The first-order valence-corrected chi connectivity index (χ1v) is 14.1. The fourth-order valence-electron chi connectivity index (χ4n) is 5.12. The molecule has 3 aromatic carbocycles. The molecule has 0 fully saturated rings. The van der Waals surface area contributed by atoms with E-state index in [1.807, 2.05) is 44.2 Å². The van der Waals surface area contributed by atoms with Gasteiger partial charge in [-0.2, -0.15) is 4.31 Å². The van der Waals surface area contributed by atoms with Gasteiger partial charge >= 0.3 is 5.97 Å². The lowest BCUT2D eigenvalue weighted by molar-refractivity contribution is -0.137.